The van der Waals surface area contributed by atoms with E-state index in [1.807, 2.05) is 0 Å². The third-order valence-electron chi connectivity index (χ3n) is 3.50. The molecule has 5 nitrogen and oxygen atoms in total. The lowest BCUT2D eigenvalue weighted by molar-refractivity contribution is 0.0844. The van der Waals surface area contributed by atoms with E-state index in [-0.39, 0.29) is 6.10 Å². The Hall–Kier alpha value is -1.20. The number of rotatable bonds is 2. The molecule has 92 valence electrons. The van der Waals surface area contributed by atoms with Crippen LogP contribution in [-0.4, -0.2) is 47.5 Å². The fraction of sp³-hybridized carbons (Fsp3) is 0.667. The molecule has 17 heavy (non-hydrogen) atoms. The number of aliphatic hydroxyl groups excluding tert-OH is 1. The molecule has 2 fully saturated rings. The molecule has 1 aromatic heterocycles. The Kier molecular flexibility index (Phi) is 2.94. The number of aliphatic hydroxyl groups is 1. The second kappa shape index (κ2) is 4.58. The lowest BCUT2D eigenvalue weighted by atomic mass is 9.96. The lowest BCUT2D eigenvalue weighted by Crippen LogP contribution is -2.51. The SMILES string of the molecule is OC1CN(c2cc(C3CCOCC3)ncn2)C1. The quantitative estimate of drug-likeness (QED) is 0.811. The van der Waals surface area contributed by atoms with Gasteiger partial charge in [-0.2, -0.15) is 0 Å². The average Bonchev–Trinajstić information content (AvgIpc) is 2.36. The molecule has 1 aromatic rings. The van der Waals surface area contributed by atoms with Crippen LogP contribution in [0.3, 0.4) is 0 Å². The van der Waals surface area contributed by atoms with E-state index in [0.717, 1.165) is 37.6 Å². The Morgan fingerprint density at radius 1 is 1.24 bits per heavy atom. The van der Waals surface area contributed by atoms with Gasteiger partial charge in [-0.3, -0.25) is 0 Å². The Bertz CT molecular complexity index is 387. The highest BCUT2D eigenvalue weighted by molar-refractivity contribution is 5.43. The maximum absolute atomic E-state index is 9.30. The van der Waals surface area contributed by atoms with Crippen molar-refractivity contribution in [2.45, 2.75) is 24.9 Å². The van der Waals surface area contributed by atoms with Crippen LogP contribution in [0.2, 0.25) is 0 Å². The van der Waals surface area contributed by atoms with Crippen LogP contribution >= 0.6 is 0 Å². The molecule has 2 aliphatic rings. The van der Waals surface area contributed by atoms with Crippen LogP contribution in [0.25, 0.3) is 0 Å². The zero-order chi connectivity index (χ0) is 11.7. The normalized spacial score (nSPS) is 22.5. The van der Waals surface area contributed by atoms with Gasteiger partial charge >= 0.3 is 0 Å². The van der Waals surface area contributed by atoms with Crippen LogP contribution in [0, 0.1) is 0 Å². The first-order chi connectivity index (χ1) is 8.33. The summed E-state index contributed by atoms with van der Waals surface area (Å²) >= 11 is 0. The van der Waals surface area contributed by atoms with Crippen molar-refractivity contribution in [3.63, 3.8) is 0 Å². The number of β-amino-alcohol motifs (C(OH)–C–C–N with tert-alkyl or cyclic N) is 1. The third kappa shape index (κ3) is 2.25. The van der Waals surface area contributed by atoms with Gasteiger partial charge in [0.15, 0.2) is 0 Å². The molecule has 2 saturated heterocycles. The highest BCUT2D eigenvalue weighted by atomic mass is 16.5. The summed E-state index contributed by atoms with van der Waals surface area (Å²) in [6.07, 6.45) is 3.51. The molecule has 1 N–H and O–H groups in total. The summed E-state index contributed by atoms with van der Waals surface area (Å²) in [4.78, 5) is 10.7. The topological polar surface area (TPSA) is 58.5 Å². The summed E-state index contributed by atoms with van der Waals surface area (Å²) in [5.41, 5.74) is 1.11. The molecule has 0 saturated carbocycles. The molecule has 0 bridgehead atoms. The van der Waals surface area contributed by atoms with Gasteiger partial charge in [0.25, 0.3) is 0 Å². The van der Waals surface area contributed by atoms with Crippen LogP contribution in [0.5, 0.6) is 0 Å². The van der Waals surface area contributed by atoms with E-state index in [1.165, 1.54) is 0 Å². The van der Waals surface area contributed by atoms with E-state index < -0.39 is 0 Å². The molecule has 2 aliphatic heterocycles. The van der Waals surface area contributed by atoms with Crippen molar-refractivity contribution in [3.05, 3.63) is 18.1 Å². The predicted octanol–water partition coefficient (Wildman–Crippen LogP) is 0.552. The first-order valence-corrected chi connectivity index (χ1v) is 6.15. The van der Waals surface area contributed by atoms with Gasteiger partial charge in [0, 0.05) is 44.0 Å². The first kappa shape index (κ1) is 10.9. The lowest BCUT2D eigenvalue weighted by Gasteiger charge is -2.37. The molecule has 0 aliphatic carbocycles. The Morgan fingerprint density at radius 2 is 2.00 bits per heavy atom. The molecule has 0 atom stereocenters. The van der Waals surface area contributed by atoms with Gasteiger partial charge in [0.1, 0.15) is 12.1 Å². The molecule has 0 aromatic carbocycles. The molecular weight excluding hydrogens is 218 g/mol. The smallest absolute Gasteiger partial charge is 0.132 e. The van der Waals surface area contributed by atoms with Crippen LogP contribution in [0.1, 0.15) is 24.5 Å². The van der Waals surface area contributed by atoms with Crippen LogP contribution in [-0.2, 0) is 4.74 Å². The second-order valence-electron chi connectivity index (χ2n) is 4.75. The van der Waals surface area contributed by atoms with E-state index >= 15 is 0 Å². The summed E-state index contributed by atoms with van der Waals surface area (Å²) in [6, 6.07) is 2.06. The van der Waals surface area contributed by atoms with Crippen LogP contribution in [0.15, 0.2) is 12.4 Å². The van der Waals surface area contributed by atoms with Gasteiger partial charge in [-0.05, 0) is 12.8 Å². The Morgan fingerprint density at radius 3 is 2.71 bits per heavy atom. The van der Waals surface area contributed by atoms with Crippen LogP contribution in [0.4, 0.5) is 5.82 Å². The third-order valence-corrected chi connectivity index (χ3v) is 3.50. The monoisotopic (exact) mass is 235 g/mol. The molecule has 0 amide bonds. The minimum absolute atomic E-state index is 0.198. The first-order valence-electron chi connectivity index (χ1n) is 6.15. The molecule has 3 rings (SSSR count). The fourth-order valence-electron chi connectivity index (χ4n) is 2.39. The Balaban J connectivity index is 1.74. The highest BCUT2D eigenvalue weighted by Gasteiger charge is 2.26. The van der Waals surface area contributed by atoms with E-state index in [0.29, 0.717) is 19.0 Å². The van der Waals surface area contributed by atoms with Crippen molar-refractivity contribution in [2.24, 2.45) is 0 Å². The molecule has 5 heteroatoms. The number of hydrogen-bond donors (Lipinski definition) is 1. The summed E-state index contributed by atoms with van der Waals surface area (Å²) in [5, 5.41) is 9.30. The number of anilines is 1. The minimum Gasteiger partial charge on any atom is -0.389 e. The standard InChI is InChI=1S/C12H17N3O2/c16-10-6-15(7-10)12-5-11(13-8-14-12)9-1-3-17-4-2-9/h5,8-10,16H,1-4,6-7H2. The van der Waals surface area contributed by atoms with Gasteiger partial charge in [-0.25, -0.2) is 9.97 Å². The van der Waals surface area contributed by atoms with Crippen molar-refractivity contribution >= 4 is 5.82 Å². The van der Waals surface area contributed by atoms with Crippen molar-refractivity contribution < 1.29 is 9.84 Å². The van der Waals surface area contributed by atoms with Gasteiger partial charge in [-0.1, -0.05) is 0 Å². The van der Waals surface area contributed by atoms with Gasteiger partial charge in [0.2, 0.25) is 0 Å². The summed E-state index contributed by atoms with van der Waals surface area (Å²) < 4.78 is 5.36. The van der Waals surface area contributed by atoms with Crippen LogP contribution < -0.4 is 4.90 Å². The number of ether oxygens (including phenoxy) is 1. The average molecular weight is 235 g/mol. The Labute approximate surface area is 100 Å². The molecule has 3 heterocycles. The number of nitrogens with zero attached hydrogens (tertiary/aromatic N) is 3. The van der Waals surface area contributed by atoms with E-state index in [9.17, 15) is 5.11 Å². The van der Waals surface area contributed by atoms with Gasteiger partial charge in [0.05, 0.1) is 6.10 Å². The molecule has 0 radical (unpaired) electrons. The zero-order valence-electron chi connectivity index (χ0n) is 9.75. The van der Waals surface area contributed by atoms with E-state index in [2.05, 4.69) is 20.9 Å². The summed E-state index contributed by atoms with van der Waals surface area (Å²) in [7, 11) is 0. The van der Waals surface area contributed by atoms with Crippen molar-refractivity contribution in [1.82, 2.24) is 9.97 Å². The molecule has 0 spiro atoms. The van der Waals surface area contributed by atoms with Crippen molar-refractivity contribution in [3.8, 4) is 0 Å². The maximum Gasteiger partial charge on any atom is 0.132 e. The minimum atomic E-state index is -0.198. The second-order valence-corrected chi connectivity index (χ2v) is 4.75. The number of hydrogen-bond acceptors (Lipinski definition) is 5. The van der Waals surface area contributed by atoms with E-state index in [1.54, 1.807) is 6.33 Å². The molecular formula is C12H17N3O2. The number of aromatic nitrogens is 2. The largest absolute Gasteiger partial charge is 0.389 e. The summed E-state index contributed by atoms with van der Waals surface area (Å²) in [6.45, 7) is 3.02. The van der Waals surface area contributed by atoms with Crippen molar-refractivity contribution in [1.29, 1.82) is 0 Å². The van der Waals surface area contributed by atoms with E-state index in [4.69, 9.17) is 4.74 Å². The maximum atomic E-state index is 9.30. The van der Waals surface area contributed by atoms with Gasteiger partial charge < -0.3 is 14.7 Å². The van der Waals surface area contributed by atoms with Crippen molar-refractivity contribution in [2.75, 3.05) is 31.2 Å². The van der Waals surface area contributed by atoms with Gasteiger partial charge in [-0.15, -0.1) is 0 Å². The highest BCUT2D eigenvalue weighted by Crippen LogP contribution is 2.27. The summed E-state index contributed by atoms with van der Waals surface area (Å²) in [5.74, 6) is 1.43. The predicted molar refractivity (Wildman–Crippen MR) is 63.0 cm³/mol. The fourth-order valence-corrected chi connectivity index (χ4v) is 2.39. The zero-order valence-corrected chi connectivity index (χ0v) is 9.75. The molecule has 0 unspecified atom stereocenters.